The molecule has 2 aromatic carbocycles. The number of hydrogen-bond donors (Lipinski definition) is 1. The first kappa shape index (κ1) is 23.3. The number of amides is 1. The summed E-state index contributed by atoms with van der Waals surface area (Å²) < 4.78 is 16.2. The molecule has 3 saturated carbocycles. The van der Waals surface area contributed by atoms with Gasteiger partial charge in [0.1, 0.15) is 17.5 Å². The predicted molar refractivity (Wildman–Crippen MR) is 138 cm³/mol. The quantitative estimate of drug-likeness (QED) is 0.443. The zero-order chi connectivity index (χ0) is 26.1. The normalized spacial score (nSPS) is 25.6. The van der Waals surface area contributed by atoms with Crippen LogP contribution in [0.15, 0.2) is 71.9 Å². The molecule has 2 bridgehead atoms. The fraction of sp³-hybridized carbons (Fsp3) is 0.379. The first-order valence-electron chi connectivity index (χ1n) is 13.1. The van der Waals surface area contributed by atoms with Crippen LogP contribution in [0.4, 0.5) is 4.39 Å². The van der Waals surface area contributed by atoms with E-state index in [0.29, 0.717) is 42.7 Å². The van der Waals surface area contributed by atoms with Gasteiger partial charge in [-0.15, -0.1) is 0 Å². The number of piperidine rings is 1. The summed E-state index contributed by atoms with van der Waals surface area (Å²) in [6, 6.07) is 16.3. The molecule has 8 rings (SSSR count). The topological polar surface area (TPSA) is 93.2 Å². The van der Waals surface area contributed by atoms with E-state index in [4.69, 9.17) is 0 Å². The molecule has 0 spiro atoms. The third-order valence-corrected chi connectivity index (χ3v) is 8.94. The molecule has 4 fully saturated rings. The Morgan fingerprint density at radius 1 is 1.00 bits per heavy atom. The standard InChI is InChI=1S/C29H28FN5O3/c30-21-6-8-22(9-7-21)35-24-23(14-32-35)25(36)34(19-31-24)18-29(38)10-12-33(13-11-29)26(37)28-15-27(16-28,17-28)20-4-2-1-3-5-20/h1-9,14,19,38H,10-13,15-18H2. The largest absolute Gasteiger partial charge is 0.388 e. The number of halogens is 1. The van der Waals surface area contributed by atoms with Crippen molar-refractivity contribution in [1.29, 1.82) is 0 Å². The van der Waals surface area contributed by atoms with Crippen molar-refractivity contribution < 1.29 is 14.3 Å². The van der Waals surface area contributed by atoms with Crippen molar-refractivity contribution >= 4 is 16.9 Å². The summed E-state index contributed by atoms with van der Waals surface area (Å²) in [6.45, 7) is 1.05. The average Bonchev–Trinajstić information content (AvgIpc) is 3.31. The molecule has 3 heterocycles. The number of rotatable bonds is 5. The Balaban J connectivity index is 1.02. The second kappa shape index (κ2) is 8.07. The van der Waals surface area contributed by atoms with E-state index in [1.807, 2.05) is 11.0 Å². The van der Waals surface area contributed by atoms with Crippen LogP contribution in [-0.4, -0.2) is 53.9 Å². The van der Waals surface area contributed by atoms with Gasteiger partial charge in [0.15, 0.2) is 5.65 Å². The van der Waals surface area contributed by atoms with E-state index < -0.39 is 5.60 Å². The maximum absolute atomic E-state index is 13.4. The van der Waals surface area contributed by atoms with E-state index in [2.05, 4.69) is 34.3 Å². The zero-order valence-corrected chi connectivity index (χ0v) is 20.9. The van der Waals surface area contributed by atoms with Crippen LogP contribution in [0, 0.1) is 11.2 Å². The van der Waals surface area contributed by atoms with Gasteiger partial charge in [0, 0.05) is 13.1 Å². The lowest BCUT2D eigenvalue weighted by Crippen LogP contribution is -2.71. The molecule has 0 atom stereocenters. The number of fused-ring (bicyclic) bond motifs is 1. The van der Waals surface area contributed by atoms with Gasteiger partial charge in [0.2, 0.25) is 5.91 Å². The number of likely N-dealkylation sites (tertiary alicyclic amines) is 1. The molecule has 38 heavy (non-hydrogen) atoms. The van der Waals surface area contributed by atoms with E-state index in [0.717, 1.165) is 19.3 Å². The van der Waals surface area contributed by atoms with Gasteiger partial charge in [-0.25, -0.2) is 14.1 Å². The van der Waals surface area contributed by atoms with Gasteiger partial charge in [-0.3, -0.25) is 14.2 Å². The van der Waals surface area contributed by atoms with Crippen molar-refractivity contribution in [1.82, 2.24) is 24.2 Å². The first-order chi connectivity index (χ1) is 18.3. The molecule has 8 nitrogen and oxygen atoms in total. The van der Waals surface area contributed by atoms with Gasteiger partial charge in [-0.05, 0) is 67.3 Å². The molecule has 0 radical (unpaired) electrons. The van der Waals surface area contributed by atoms with Crippen molar-refractivity contribution in [2.45, 2.75) is 49.7 Å². The number of hydrogen-bond acceptors (Lipinski definition) is 5. The minimum Gasteiger partial charge on any atom is -0.388 e. The van der Waals surface area contributed by atoms with Gasteiger partial charge in [-0.2, -0.15) is 5.10 Å². The van der Waals surface area contributed by atoms with Crippen LogP contribution in [0.2, 0.25) is 0 Å². The lowest BCUT2D eigenvalue weighted by Gasteiger charge is -2.70. The molecule has 1 N–H and O–H groups in total. The molecule has 1 aliphatic heterocycles. The molecular weight excluding hydrogens is 485 g/mol. The summed E-state index contributed by atoms with van der Waals surface area (Å²) in [6.07, 6.45) is 6.41. The van der Waals surface area contributed by atoms with Crippen LogP contribution in [0.25, 0.3) is 16.7 Å². The van der Waals surface area contributed by atoms with E-state index in [-0.39, 0.29) is 34.7 Å². The molecule has 1 amide bonds. The highest BCUT2D eigenvalue weighted by Crippen LogP contribution is 2.74. The molecule has 4 aromatic rings. The highest BCUT2D eigenvalue weighted by Gasteiger charge is 2.72. The molecule has 0 unspecified atom stereocenters. The lowest BCUT2D eigenvalue weighted by atomic mass is 9.33. The fourth-order valence-corrected chi connectivity index (χ4v) is 6.88. The van der Waals surface area contributed by atoms with Crippen LogP contribution in [-0.2, 0) is 16.8 Å². The lowest BCUT2D eigenvalue weighted by molar-refractivity contribution is -0.190. The van der Waals surface area contributed by atoms with Gasteiger partial charge in [0.25, 0.3) is 5.56 Å². The molecule has 194 valence electrons. The minimum atomic E-state index is -1.10. The molecule has 4 aliphatic rings. The fourth-order valence-electron chi connectivity index (χ4n) is 6.88. The van der Waals surface area contributed by atoms with E-state index >= 15 is 0 Å². The van der Waals surface area contributed by atoms with Crippen LogP contribution in [0.5, 0.6) is 0 Å². The third-order valence-electron chi connectivity index (χ3n) is 8.94. The highest BCUT2D eigenvalue weighted by atomic mass is 19.1. The summed E-state index contributed by atoms with van der Waals surface area (Å²) >= 11 is 0. The van der Waals surface area contributed by atoms with Crippen LogP contribution < -0.4 is 5.56 Å². The predicted octanol–water partition coefficient (Wildman–Crippen LogP) is 3.20. The Kier molecular flexibility index (Phi) is 4.95. The number of benzene rings is 2. The third kappa shape index (κ3) is 3.45. The summed E-state index contributed by atoms with van der Waals surface area (Å²) in [7, 11) is 0. The van der Waals surface area contributed by atoms with E-state index in [1.165, 1.54) is 39.5 Å². The van der Waals surface area contributed by atoms with Gasteiger partial charge in [-0.1, -0.05) is 30.3 Å². The summed E-state index contributed by atoms with van der Waals surface area (Å²) in [4.78, 5) is 32.9. The van der Waals surface area contributed by atoms with Crippen molar-refractivity contribution in [2.24, 2.45) is 5.41 Å². The van der Waals surface area contributed by atoms with E-state index in [9.17, 15) is 19.1 Å². The number of aromatic nitrogens is 4. The Morgan fingerprint density at radius 3 is 2.37 bits per heavy atom. The highest BCUT2D eigenvalue weighted by molar-refractivity contribution is 5.87. The Bertz CT molecular complexity index is 1580. The summed E-state index contributed by atoms with van der Waals surface area (Å²) in [5, 5.41) is 15.9. The molecular formula is C29H28FN5O3. The first-order valence-corrected chi connectivity index (χ1v) is 13.1. The number of carbonyl (C=O) groups excluding carboxylic acids is 1. The van der Waals surface area contributed by atoms with Crippen LogP contribution >= 0.6 is 0 Å². The Hall–Kier alpha value is -3.85. The van der Waals surface area contributed by atoms with Gasteiger partial charge < -0.3 is 10.0 Å². The second-order valence-electron chi connectivity index (χ2n) is 11.4. The maximum atomic E-state index is 13.4. The zero-order valence-electron chi connectivity index (χ0n) is 20.9. The Labute approximate surface area is 218 Å². The van der Waals surface area contributed by atoms with Crippen molar-refractivity contribution in [3.05, 3.63) is 88.9 Å². The summed E-state index contributed by atoms with van der Waals surface area (Å²) in [5.41, 5.74) is 0.842. The van der Waals surface area contributed by atoms with E-state index in [1.54, 1.807) is 12.1 Å². The molecule has 1 saturated heterocycles. The molecule has 9 heteroatoms. The van der Waals surface area contributed by atoms with Crippen molar-refractivity contribution in [3.63, 3.8) is 0 Å². The molecule has 2 aromatic heterocycles. The monoisotopic (exact) mass is 513 g/mol. The SMILES string of the molecule is O=C(N1CCC(O)(Cn2cnc3c(cnn3-c3ccc(F)cc3)c2=O)CC1)C12CC(c3ccccc3)(C1)C2. The summed E-state index contributed by atoms with van der Waals surface area (Å²) in [5.74, 6) is -0.146. The maximum Gasteiger partial charge on any atom is 0.264 e. The Morgan fingerprint density at radius 2 is 1.68 bits per heavy atom. The number of carbonyl (C=O) groups is 1. The smallest absolute Gasteiger partial charge is 0.264 e. The van der Waals surface area contributed by atoms with Crippen LogP contribution in [0.1, 0.15) is 37.7 Å². The van der Waals surface area contributed by atoms with Crippen LogP contribution in [0.3, 0.4) is 0 Å². The van der Waals surface area contributed by atoms with Gasteiger partial charge >= 0.3 is 0 Å². The van der Waals surface area contributed by atoms with Crippen molar-refractivity contribution in [2.75, 3.05) is 13.1 Å². The molecule has 3 aliphatic carbocycles. The number of aliphatic hydroxyl groups is 1. The number of nitrogens with zero attached hydrogens (tertiary/aromatic N) is 5. The van der Waals surface area contributed by atoms with Crippen molar-refractivity contribution in [3.8, 4) is 5.69 Å². The minimum absolute atomic E-state index is 0.0980. The second-order valence-corrected chi connectivity index (χ2v) is 11.4. The average molecular weight is 514 g/mol. The van der Waals surface area contributed by atoms with Gasteiger partial charge in [0.05, 0.1) is 29.4 Å².